The van der Waals surface area contributed by atoms with Gasteiger partial charge in [0.05, 0.1) is 0 Å². The Morgan fingerprint density at radius 2 is 2.30 bits per heavy atom. The van der Waals surface area contributed by atoms with E-state index in [1.807, 2.05) is 21.6 Å². The van der Waals surface area contributed by atoms with Crippen LogP contribution in [0.1, 0.15) is 50.5 Å². The zero-order valence-corrected chi connectivity index (χ0v) is 14.2. The molecule has 1 saturated heterocycles. The lowest BCUT2D eigenvalue weighted by Crippen LogP contribution is -2.11. The van der Waals surface area contributed by atoms with Crippen LogP contribution < -0.4 is 5.32 Å². The Bertz CT molecular complexity index is 419. The van der Waals surface area contributed by atoms with Crippen LogP contribution in [0.4, 0.5) is 5.13 Å². The highest BCUT2D eigenvalue weighted by molar-refractivity contribution is 8.77. The molecule has 1 unspecified atom stereocenters. The van der Waals surface area contributed by atoms with E-state index in [4.69, 9.17) is 0 Å². The summed E-state index contributed by atoms with van der Waals surface area (Å²) in [6.07, 6.45) is 7.26. The van der Waals surface area contributed by atoms with Gasteiger partial charge in [-0.05, 0) is 25.7 Å². The van der Waals surface area contributed by atoms with E-state index in [1.165, 1.54) is 29.9 Å². The van der Waals surface area contributed by atoms with Crippen LogP contribution >= 0.6 is 32.9 Å². The molecular weight excluding hydrogens is 310 g/mol. The summed E-state index contributed by atoms with van der Waals surface area (Å²) in [6, 6.07) is 0. The first-order valence-electron chi connectivity index (χ1n) is 7.18. The quantitative estimate of drug-likeness (QED) is 0.573. The molecule has 1 aromatic rings. The van der Waals surface area contributed by atoms with Crippen LogP contribution in [0.5, 0.6) is 0 Å². The van der Waals surface area contributed by atoms with Crippen LogP contribution in [-0.2, 0) is 11.2 Å². The Kier molecular flexibility index (Phi) is 7.16. The molecule has 1 atom stereocenters. The Balaban J connectivity index is 1.59. The van der Waals surface area contributed by atoms with Crippen molar-refractivity contribution in [1.29, 1.82) is 0 Å². The summed E-state index contributed by atoms with van der Waals surface area (Å²) in [5, 5.41) is 13.3. The van der Waals surface area contributed by atoms with E-state index in [9.17, 15) is 4.79 Å². The maximum atomic E-state index is 11.8. The minimum Gasteiger partial charge on any atom is -0.301 e. The number of nitrogens with zero attached hydrogens (tertiary/aromatic N) is 2. The van der Waals surface area contributed by atoms with Gasteiger partial charge in [0.2, 0.25) is 11.0 Å². The summed E-state index contributed by atoms with van der Waals surface area (Å²) in [6.45, 7) is 2.11. The van der Waals surface area contributed by atoms with E-state index in [0.29, 0.717) is 11.6 Å². The number of carbonyl (C=O) groups is 1. The summed E-state index contributed by atoms with van der Waals surface area (Å²) in [4.78, 5) is 11.8. The van der Waals surface area contributed by atoms with Gasteiger partial charge in [-0.3, -0.25) is 4.79 Å². The Morgan fingerprint density at radius 1 is 1.40 bits per heavy atom. The number of aromatic nitrogens is 2. The molecule has 1 aromatic heterocycles. The van der Waals surface area contributed by atoms with Crippen molar-refractivity contribution in [2.24, 2.45) is 0 Å². The minimum absolute atomic E-state index is 0.0673. The fourth-order valence-corrected chi connectivity index (χ4v) is 5.91. The van der Waals surface area contributed by atoms with Crippen molar-refractivity contribution in [3.63, 3.8) is 0 Å². The van der Waals surface area contributed by atoms with E-state index in [1.54, 1.807) is 0 Å². The number of rotatable bonds is 8. The number of amides is 1. The molecule has 20 heavy (non-hydrogen) atoms. The molecule has 0 radical (unpaired) electrons. The van der Waals surface area contributed by atoms with E-state index in [0.717, 1.165) is 35.9 Å². The fourth-order valence-electron chi connectivity index (χ4n) is 2.02. The molecule has 1 amide bonds. The molecular formula is C13H21N3OS3. The smallest absolute Gasteiger partial charge is 0.226 e. The number of aryl methyl sites for hydroxylation is 1. The Morgan fingerprint density at radius 3 is 3.05 bits per heavy atom. The maximum Gasteiger partial charge on any atom is 0.226 e. The van der Waals surface area contributed by atoms with Crippen molar-refractivity contribution in [3.8, 4) is 0 Å². The zero-order chi connectivity index (χ0) is 14.2. The van der Waals surface area contributed by atoms with Crippen LogP contribution in [0, 0.1) is 0 Å². The second-order valence-corrected chi connectivity index (χ2v) is 8.72. The molecule has 4 nitrogen and oxygen atoms in total. The van der Waals surface area contributed by atoms with Gasteiger partial charge in [-0.1, -0.05) is 46.3 Å². The second kappa shape index (κ2) is 8.89. The molecule has 0 aliphatic carbocycles. The number of carbonyl (C=O) groups excluding carboxylic acids is 1. The average molecular weight is 332 g/mol. The van der Waals surface area contributed by atoms with Crippen LogP contribution in [0.2, 0.25) is 0 Å². The SMILES string of the molecule is CCCc1nnc(NC(=O)CCCCC2CCSS2)s1. The molecule has 1 aliphatic heterocycles. The van der Waals surface area contributed by atoms with Gasteiger partial charge in [0.25, 0.3) is 0 Å². The predicted molar refractivity (Wildman–Crippen MR) is 89.5 cm³/mol. The lowest BCUT2D eigenvalue weighted by atomic mass is 10.1. The van der Waals surface area contributed by atoms with E-state index in [2.05, 4.69) is 22.4 Å². The molecule has 0 aromatic carbocycles. The van der Waals surface area contributed by atoms with Gasteiger partial charge < -0.3 is 5.32 Å². The van der Waals surface area contributed by atoms with Gasteiger partial charge in [-0.25, -0.2) is 0 Å². The first-order valence-corrected chi connectivity index (χ1v) is 10.4. The van der Waals surface area contributed by atoms with Crippen molar-refractivity contribution >= 4 is 44.0 Å². The fraction of sp³-hybridized carbons (Fsp3) is 0.769. The van der Waals surface area contributed by atoms with Gasteiger partial charge in [0.15, 0.2) is 0 Å². The topological polar surface area (TPSA) is 54.9 Å². The van der Waals surface area contributed by atoms with Crippen LogP contribution in [0.25, 0.3) is 0 Å². The third-order valence-corrected chi connectivity index (χ3v) is 6.99. The molecule has 7 heteroatoms. The average Bonchev–Trinajstić information content (AvgIpc) is 3.07. The highest BCUT2D eigenvalue weighted by atomic mass is 33.1. The van der Waals surface area contributed by atoms with Crippen molar-refractivity contribution < 1.29 is 4.79 Å². The van der Waals surface area contributed by atoms with Crippen molar-refractivity contribution in [2.75, 3.05) is 11.1 Å². The van der Waals surface area contributed by atoms with Gasteiger partial charge in [0.1, 0.15) is 5.01 Å². The normalized spacial score (nSPS) is 18.4. The second-order valence-electron chi connectivity index (χ2n) is 4.87. The zero-order valence-electron chi connectivity index (χ0n) is 11.8. The lowest BCUT2D eigenvalue weighted by molar-refractivity contribution is -0.116. The molecule has 0 bridgehead atoms. The lowest BCUT2D eigenvalue weighted by Gasteiger charge is -2.06. The third kappa shape index (κ3) is 5.61. The summed E-state index contributed by atoms with van der Waals surface area (Å²) >= 11 is 1.49. The largest absolute Gasteiger partial charge is 0.301 e. The Hall–Kier alpha value is -0.270. The van der Waals surface area contributed by atoms with Crippen molar-refractivity contribution in [3.05, 3.63) is 5.01 Å². The standard InChI is InChI=1S/C13H21N3OS3/c1-2-5-12-15-16-13(19-12)14-11(17)7-4-3-6-10-8-9-18-20-10/h10H,2-9H2,1H3,(H,14,16,17). The molecule has 1 N–H and O–H groups in total. The van der Waals surface area contributed by atoms with Gasteiger partial charge in [-0.15, -0.1) is 10.2 Å². The molecule has 1 fully saturated rings. The predicted octanol–water partition coefficient (Wildman–Crippen LogP) is 4.14. The van der Waals surface area contributed by atoms with E-state index < -0.39 is 0 Å². The van der Waals surface area contributed by atoms with Gasteiger partial charge in [0, 0.05) is 23.8 Å². The third-order valence-electron chi connectivity index (χ3n) is 3.08. The summed E-state index contributed by atoms with van der Waals surface area (Å²) in [5.74, 6) is 1.35. The number of hydrogen-bond donors (Lipinski definition) is 1. The number of nitrogens with one attached hydrogen (secondary N) is 1. The highest BCUT2D eigenvalue weighted by Gasteiger charge is 2.16. The summed E-state index contributed by atoms with van der Waals surface area (Å²) in [7, 11) is 3.99. The Labute approximate surface area is 132 Å². The maximum absolute atomic E-state index is 11.8. The van der Waals surface area contributed by atoms with Crippen LogP contribution in [0.15, 0.2) is 0 Å². The molecule has 2 heterocycles. The molecule has 1 aliphatic rings. The molecule has 0 saturated carbocycles. The number of anilines is 1. The van der Waals surface area contributed by atoms with E-state index >= 15 is 0 Å². The number of unbranched alkanes of at least 4 members (excludes halogenated alkanes) is 1. The van der Waals surface area contributed by atoms with Gasteiger partial charge >= 0.3 is 0 Å². The van der Waals surface area contributed by atoms with Crippen LogP contribution in [0.3, 0.4) is 0 Å². The van der Waals surface area contributed by atoms with Crippen LogP contribution in [-0.4, -0.2) is 27.1 Å². The summed E-state index contributed by atoms with van der Waals surface area (Å²) in [5.41, 5.74) is 0. The number of hydrogen-bond acceptors (Lipinski definition) is 6. The first kappa shape index (κ1) is 16.1. The minimum atomic E-state index is 0.0673. The van der Waals surface area contributed by atoms with Gasteiger partial charge in [-0.2, -0.15) is 0 Å². The van der Waals surface area contributed by atoms with Crippen molar-refractivity contribution in [1.82, 2.24) is 10.2 Å². The van der Waals surface area contributed by atoms with Crippen molar-refractivity contribution in [2.45, 2.75) is 57.1 Å². The highest BCUT2D eigenvalue weighted by Crippen LogP contribution is 2.39. The summed E-state index contributed by atoms with van der Waals surface area (Å²) < 4.78 is 0. The first-order chi connectivity index (χ1) is 9.78. The molecule has 2 rings (SSSR count). The monoisotopic (exact) mass is 331 g/mol. The van der Waals surface area contributed by atoms with E-state index in [-0.39, 0.29) is 5.91 Å². The molecule has 112 valence electrons. The molecule has 0 spiro atoms.